The highest BCUT2D eigenvalue weighted by atomic mass is 16.3. The maximum atomic E-state index is 9.42. The van der Waals surface area contributed by atoms with Crippen molar-refractivity contribution in [1.82, 2.24) is 19.6 Å². The largest absolute Gasteiger partial charge is 0.396 e. The summed E-state index contributed by atoms with van der Waals surface area (Å²) in [4.78, 5) is 5.02. The molecule has 0 spiro atoms. The number of aromatic nitrogens is 2. The molecule has 0 bridgehead atoms. The predicted molar refractivity (Wildman–Crippen MR) is 99.0 cm³/mol. The lowest BCUT2D eigenvalue weighted by molar-refractivity contribution is 0.0635. The number of nitrogens with zero attached hydrogens (tertiary/aromatic N) is 4. The summed E-state index contributed by atoms with van der Waals surface area (Å²) in [6.45, 7) is 15.0. The quantitative estimate of drug-likeness (QED) is 0.742. The van der Waals surface area contributed by atoms with Crippen LogP contribution in [0, 0.1) is 6.92 Å². The number of hydrogen-bond acceptors (Lipinski definition) is 4. The number of hydrogen-bond donors (Lipinski definition) is 1. The first kappa shape index (κ1) is 19.2. The molecule has 0 aromatic carbocycles. The molecule has 0 aliphatic carbocycles. The molecule has 5 heteroatoms. The van der Waals surface area contributed by atoms with E-state index < -0.39 is 0 Å². The van der Waals surface area contributed by atoms with Crippen LogP contribution in [0.2, 0.25) is 0 Å². The van der Waals surface area contributed by atoms with Crippen molar-refractivity contribution in [3.63, 3.8) is 0 Å². The zero-order valence-corrected chi connectivity index (χ0v) is 15.8. The second-order valence-corrected chi connectivity index (χ2v) is 7.18. The van der Waals surface area contributed by atoms with E-state index in [9.17, 15) is 5.11 Å². The number of allylic oxidation sites excluding steroid dienone is 1. The van der Waals surface area contributed by atoms with Crippen molar-refractivity contribution < 1.29 is 5.11 Å². The van der Waals surface area contributed by atoms with Gasteiger partial charge in [0.1, 0.15) is 0 Å². The average Bonchev–Trinajstić information content (AvgIpc) is 2.87. The third-order valence-electron chi connectivity index (χ3n) is 4.78. The summed E-state index contributed by atoms with van der Waals surface area (Å²) in [5.74, 6) is 0. The van der Waals surface area contributed by atoms with Crippen molar-refractivity contribution in [2.24, 2.45) is 0 Å². The summed E-state index contributed by atoms with van der Waals surface area (Å²) in [5, 5.41) is 14.0. The molecule has 2 rings (SSSR count). The minimum atomic E-state index is 0.261. The van der Waals surface area contributed by atoms with Gasteiger partial charge in [0.15, 0.2) is 0 Å². The molecule has 1 saturated heterocycles. The summed E-state index contributed by atoms with van der Waals surface area (Å²) in [6, 6.07) is 0.436. The summed E-state index contributed by atoms with van der Waals surface area (Å²) < 4.78 is 2.07. The van der Waals surface area contributed by atoms with E-state index in [1.54, 1.807) is 0 Å². The van der Waals surface area contributed by atoms with Gasteiger partial charge in [0.25, 0.3) is 0 Å². The number of piperazine rings is 1. The van der Waals surface area contributed by atoms with Crippen LogP contribution < -0.4 is 0 Å². The Morgan fingerprint density at radius 2 is 2.17 bits per heavy atom. The van der Waals surface area contributed by atoms with Crippen LogP contribution in [0.5, 0.6) is 0 Å². The molecule has 24 heavy (non-hydrogen) atoms. The SMILES string of the molecule is CCCn1cc(CN2CCN(CC=C(C)C)C(CCO)C2)c(C)n1. The zero-order valence-electron chi connectivity index (χ0n) is 15.8. The van der Waals surface area contributed by atoms with Gasteiger partial charge in [-0.3, -0.25) is 14.5 Å². The molecular formula is C19H34N4O. The van der Waals surface area contributed by atoms with E-state index in [0.29, 0.717) is 6.04 Å². The summed E-state index contributed by atoms with van der Waals surface area (Å²) >= 11 is 0. The molecule has 1 fully saturated rings. The second-order valence-electron chi connectivity index (χ2n) is 7.18. The van der Waals surface area contributed by atoms with Gasteiger partial charge in [-0.05, 0) is 33.6 Å². The van der Waals surface area contributed by atoms with Gasteiger partial charge in [-0.25, -0.2) is 0 Å². The van der Waals surface area contributed by atoms with Gasteiger partial charge in [-0.1, -0.05) is 18.6 Å². The lowest BCUT2D eigenvalue weighted by Gasteiger charge is -2.41. The van der Waals surface area contributed by atoms with Crippen LogP contribution in [-0.2, 0) is 13.1 Å². The fourth-order valence-electron chi connectivity index (χ4n) is 3.36. The fourth-order valence-corrected chi connectivity index (χ4v) is 3.36. The monoisotopic (exact) mass is 334 g/mol. The molecule has 1 aromatic heterocycles. The van der Waals surface area contributed by atoms with E-state index in [0.717, 1.165) is 57.8 Å². The van der Waals surface area contributed by atoms with E-state index in [2.05, 4.69) is 59.5 Å². The Kier molecular flexibility index (Phi) is 7.46. The van der Waals surface area contributed by atoms with Gasteiger partial charge in [-0.15, -0.1) is 0 Å². The molecular weight excluding hydrogens is 300 g/mol. The molecule has 5 nitrogen and oxygen atoms in total. The van der Waals surface area contributed by atoms with Crippen molar-refractivity contribution in [3.8, 4) is 0 Å². The van der Waals surface area contributed by atoms with Crippen LogP contribution in [0.1, 0.15) is 44.9 Å². The zero-order chi connectivity index (χ0) is 17.5. The highest BCUT2D eigenvalue weighted by molar-refractivity contribution is 5.15. The van der Waals surface area contributed by atoms with Gasteiger partial charge in [-0.2, -0.15) is 5.10 Å². The van der Waals surface area contributed by atoms with Crippen molar-refractivity contribution in [2.45, 2.75) is 59.7 Å². The van der Waals surface area contributed by atoms with Gasteiger partial charge < -0.3 is 5.11 Å². The van der Waals surface area contributed by atoms with Gasteiger partial charge in [0.2, 0.25) is 0 Å². The highest BCUT2D eigenvalue weighted by Gasteiger charge is 2.26. The third-order valence-corrected chi connectivity index (χ3v) is 4.78. The van der Waals surface area contributed by atoms with Gasteiger partial charge in [0.05, 0.1) is 5.69 Å². The Bertz CT molecular complexity index is 533. The van der Waals surface area contributed by atoms with E-state index in [4.69, 9.17) is 0 Å². The minimum Gasteiger partial charge on any atom is -0.396 e. The summed E-state index contributed by atoms with van der Waals surface area (Å²) in [7, 11) is 0. The number of aliphatic hydroxyl groups is 1. The van der Waals surface area contributed by atoms with Crippen LogP contribution in [0.25, 0.3) is 0 Å². The van der Waals surface area contributed by atoms with E-state index in [1.165, 1.54) is 11.1 Å². The van der Waals surface area contributed by atoms with Crippen molar-refractivity contribution in [3.05, 3.63) is 29.1 Å². The normalized spacial score (nSPS) is 19.6. The van der Waals surface area contributed by atoms with Crippen LogP contribution in [0.15, 0.2) is 17.8 Å². The molecule has 0 radical (unpaired) electrons. The minimum absolute atomic E-state index is 0.261. The molecule has 0 saturated carbocycles. The Hall–Kier alpha value is -1.17. The average molecular weight is 335 g/mol. The second kappa shape index (κ2) is 9.35. The number of aryl methyl sites for hydroxylation is 2. The first-order valence-corrected chi connectivity index (χ1v) is 9.27. The lowest BCUT2D eigenvalue weighted by Crippen LogP contribution is -2.53. The number of rotatable bonds is 8. The number of aliphatic hydroxyl groups excluding tert-OH is 1. The Morgan fingerprint density at radius 3 is 2.83 bits per heavy atom. The fraction of sp³-hybridized carbons (Fsp3) is 0.737. The van der Waals surface area contributed by atoms with Crippen molar-refractivity contribution in [1.29, 1.82) is 0 Å². The maximum Gasteiger partial charge on any atom is 0.0638 e. The molecule has 1 aliphatic heterocycles. The van der Waals surface area contributed by atoms with Crippen LogP contribution in [-0.4, -0.2) is 63.5 Å². The first-order chi connectivity index (χ1) is 11.5. The Labute approximate surface area is 146 Å². The smallest absolute Gasteiger partial charge is 0.0638 e. The molecule has 136 valence electrons. The summed E-state index contributed by atoms with van der Waals surface area (Å²) in [6.07, 6.45) is 6.46. The standard InChI is InChI=1S/C19H34N4O/c1-5-8-23-14-18(17(4)20-23)13-21-10-11-22(9-6-16(2)3)19(15-21)7-12-24/h6,14,19,24H,5,7-13,15H2,1-4H3. The van der Waals surface area contributed by atoms with E-state index in [-0.39, 0.29) is 6.61 Å². The molecule has 0 amide bonds. The maximum absolute atomic E-state index is 9.42. The molecule has 1 N–H and O–H groups in total. The molecule has 1 atom stereocenters. The Balaban J connectivity index is 1.97. The van der Waals surface area contributed by atoms with E-state index in [1.807, 2.05) is 0 Å². The third kappa shape index (κ3) is 5.43. The van der Waals surface area contributed by atoms with Crippen molar-refractivity contribution in [2.75, 3.05) is 32.8 Å². The van der Waals surface area contributed by atoms with Gasteiger partial charge >= 0.3 is 0 Å². The first-order valence-electron chi connectivity index (χ1n) is 9.27. The summed E-state index contributed by atoms with van der Waals surface area (Å²) in [5.41, 5.74) is 3.84. The van der Waals surface area contributed by atoms with Crippen LogP contribution in [0.3, 0.4) is 0 Å². The topological polar surface area (TPSA) is 44.5 Å². The van der Waals surface area contributed by atoms with Gasteiger partial charge in [0, 0.05) is 63.7 Å². The molecule has 1 unspecified atom stereocenters. The molecule has 1 aliphatic rings. The van der Waals surface area contributed by atoms with E-state index >= 15 is 0 Å². The van der Waals surface area contributed by atoms with Crippen molar-refractivity contribution >= 4 is 0 Å². The molecule has 1 aromatic rings. The Morgan fingerprint density at radius 1 is 1.38 bits per heavy atom. The lowest BCUT2D eigenvalue weighted by atomic mass is 10.1. The van der Waals surface area contributed by atoms with Crippen LogP contribution in [0.4, 0.5) is 0 Å². The highest BCUT2D eigenvalue weighted by Crippen LogP contribution is 2.17. The van der Waals surface area contributed by atoms with Crippen LogP contribution >= 0.6 is 0 Å². The molecule has 2 heterocycles. The predicted octanol–water partition coefficient (Wildman–Crippen LogP) is 2.44.